The van der Waals surface area contributed by atoms with Crippen molar-refractivity contribution in [3.8, 4) is 0 Å². The summed E-state index contributed by atoms with van der Waals surface area (Å²) in [6.07, 6.45) is 4.46. The monoisotopic (exact) mass is 283 g/mol. The standard InChI is InChI=1S/C18H18ClN/c19-17-8-4-7-15(12-17)16-9-10-20-18(13-16)11-14-5-2-1-3-6-14/h1-8,11-12,16,20H,9-10,13H2. The van der Waals surface area contributed by atoms with Gasteiger partial charge in [-0.25, -0.2) is 0 Å². The Labute approximate surface area is 125 Å². The fourth-order valence-electron chi connectivity index (χ4n) is 2.75. The summed E-state index contributed by atoms with van der Waals surface area (Å²) in [5, 5.41) is 4.34. The molecule has 2 aromatic carbocycles. The van der Waals surface area contributed by atoms with Crippen LogP contribution in [0.2, 0.25) is 5.02 Å². The van der Waals surface area contributed by atoms with Gasteiger partial charge in [0.15, 0.2) is 0 Å². The lowest BCUT2D eigenvalue weighted by Gasteiger charge is -2.26. The van der Waals surface area contributed by atoms with Gasteiger partial charge in [-0.15, -0.1) is 0 Å². The van der Waals surface area contributed by atoms with Gasteiger partial charge in [-0.1, -0.05) is 54.1 Å². The maximum atomic E-state index is 6.10. The zero-order valence-electron chi connectivity index (χ0n) is 11.4. The molecule has 1 nitrogen and oxygen atoms in total. The summed E-state index contributed by atoms with van der Waals surface area (Å²) in [4.78, 5) is 0. The molecule has 0 saturated carbocycles. The van der Waals surface area contributed by atoms with Crippen LogP contribution in [0.4, 0.5) is 0 Å². The maximum Gasteiger partial charge on any atom is 0.0408 e. The molecule has 1 aliphatic heterocycles. The molecule has 1 fully saturated rings. The lowest BCUT2D eigenvalue weighted by atomic mass is 9.88. The molecule has 0 aliphatic carbocycles. The van der Waals surface area contributed by atoms with E-state index in [-0.39, 0.29) is 0 Å². The topological polar surface area (TPSA) is 12.0 Å². The Morgan fingerprint density at radius 1 is 1.05 bits per heavy atom. The number of rotatable bonds is 2. The number of hydrogen-bond acceptors (Lipinski definition) is 1. The average Bonchev–Trinajstić information content (AvgIpc) is 2.49. The van der Waals surface area contributed by atoms with Gasteiger partial charge in [-0.3, -0.25) is 0 Å². The number of benzene rings is 2. The van der Waals surface area contributed by atoms with Crippen LogP contribution in [0.15, 0.2) is 60.3 Å². The van der Waals surface area contributed by atoms with Crippen molar-refractivity contribution in [2.75, 3.05) is 6.54 Å². The lowest BCUT2D eigenvalue weighted by Crippen LogP contribution is -2.24. The van der Waals surface area contributed by atoms with E-state index in [1.807, 2.05) is 18.2 Å². The van der Waals surface area contributed by atoms with Crippen LogP contribution in [0.3, 0.4) is 0 Å². The normalized spacial score (nSPS) is 20.6. The highest BCUT2D eigenvalue weighted by molar-refractivity contribution is 6.30. The van der Waals surface area contributed by atoms with Gasteiger partial charge < -0.3 is 5.32 Å². The Balaban J connectivity index is 1.78. The molecule has 20 heavy (non-hydrogen) atoms. The first-order valence-corrected chi connectivity index (χ1v) is 7.44. The number of halogens is 1. The number of piperidine rings is 1. The number of allylic oxidation sites excluding steroid dienone is 1. The molecule has 1 atom stereocenters. The molecule has 1 aliphatic rings. The van der Waals surface area contributed by atoms with Crippen LogP contribution in [-0.2, 0) is 0 Å². The zero-order valence-corrected chi connectivity index (χ0v) is 12.1. The molecular formula is C18H18ClN. The summed E-state index contributed by atoms with van der Waals surface area (Å²) >= 11 is 6.10. The van der Waals surface area contributed by atoms with E-state index in [1.54, 1.807) is 0 Å². The van der Waals surface area contributed by atoms with E-state index < -0.39 is 0 Å². The van der Waals surface area contributed by atoms with Crippen molar-refractivity contribution in [1.82, 2.24) is 5.32 Å². The van der Waals surface area contributed by atoms with Crippen LogP contribution in [0, 0.1) is 0 Å². The third-order valence-electron chi connectivity index (χ3n) is 3.77. The van der Waals surface area contributed by atoms with E-state index in [2.05, 4.69) is 47.8 Å². The summed E-state index contributed by atoms with van der Waals surface area (Å²) in [6.45, 7) is 1.02. The lowest BCUT2D eigenvalue weighted by molar-refractivity contribution is 0.520. The second-order valence-electron chi connectivity index (χ2n) is 5.25. The Bertz CT molecular complexity index is 604. The highest BCUT2D eigenvalue weighted by Gasteiger charge is 2.18. The van der Waals surface area contributed by atoms with Crippen LogP contribution < -0.4 is 5.32 Å². The van der Waals surface area contributed by atoms with E-state index in [4.69, 9.17) is 11.6 Å². The van der Waals surface area contributed by atoms with Crippen molar-refractivity contribution in [1.29, 1.82) is 0 Å². The van der Waals surface area contributed by atoms with Gasteiger partial charge in [-0.2, -0.15) is 0 Å². The molecule has 0 aromatic heterocycles. The Kier molecular flexibility index (Phi) is 4.08. The van der Waals surface area contributed by atoms with Crippen LogP contribution in [0.1, 0.15) is 29.9 Å². The minimum Gasteiger partial charge on any atom is -0.388 e. The molecule has 1 N–H and O–H groups in total. The first-order chi connectivity index (χ1) is 9.81. The minimum atomic E-state index is 0.560. The van der Waals surface area contributed by atoms with Gasteiger partial charge in [0, 0.05) is 17.3 Å². The second-order valence-corrected chi connectivity index (χ2v) is 5.69. The Morgan fingerprint density at radius 2 is 1.90 bits per heavy atom. The first kappa shape index (κ1) is 13.3. The summed E-state index contributed by atoms with van der Waals surface area (Å²) in [6, 6.07) is 18.7. The zero-order chi connectivity index (χ0) is 13.8. The third-order valence-corrected chi connectivity index (χ3v) is 4.01. The van der Waals surface area contributed by atoms with Gasteiger partial charge in [0.2, 0.25) is 0 Å². The second kappa shape index (κ2) is 6.15. The van der Waals surface area contributed by atoms with Gasteiger partial charge in [0.1, 0.15) is 0 Å². The highest BCUT2D eigenvalue weighted by atomic mass is 35.5. The van der Waals surface area contributed by atoms with Crippen molar-refractivity contribution < 1.29 is 0 Å². The largest absolute Gasteiger partial charge is 0.388 e. The van der Waals surface area contributed by atoms with Gasteiger partial charge in [0.05, 0.1) is 0 Å². The van der Waals surface area contributed by atoms with Crippen molar-refractivity contribution in [3.63, 3.8) is 0 Å². The van der Waals surface area contributed by atoms with E-state index in [0.717, 1.165) is 24.4 Å². The molecule has 0 radical (unpaired) electrons. The van der Waals surface area contributed by atoms with Crippen molar-refractivity contribution in [2.45, 2.75) is 18.8 Å². The first-order valence-electron chi connectivity index (χ1n) is 7.06. The molecule has 2 heteroatoms. The molecule has 3 rings (SSSR count). The quantitative estimate of drug-likeness (QED) is 0.831. The van der Waals surface area contributed by atoms with E-state index in [1.165, 1.54) is 16.8 Å². The van der Waals surface area contributed by atoms with E-state index >= 15 is 0 Å². The summed E-state index contributed by atoms with van der Waals surface area (Å²) < 4.78 is 0. The molecule has 1 heterocycles. The van der Waals surface area contributed by atoms with Crippen LogP contribution in [0.25, 0.3) is 6.08 Å². The van der Waals surface area contributed by atoms with E-state index in [9.17, 15) is 0 Å². The van der Waals surface area contributed by atoms with Crippen molar-refractivity contribution >= 4 is 17.7 Å². The average molecular weight is 284 g/mol. The number of nitrogens with one attached hydrogen (secondary N) is 1. The Morgan fingerprint density at radius 3 is 2.70 bits per heavy atom. The van der Waals surface area contributed by atoms with Crippen molar-refractivity contribution in [3.05, 3.63) is 76.4 Å². The SMILES string of the molecule is Clc1cccc(C2CCNC(=Cc3ccccc3)C2)c1. The number of hydrogen-bond donors (Lipinski definition) is 1. The molecule has 1 unspecified atom stereocenters. The summed E-state index contributed by atoms with van der Waals surface area (Å²) in [7, 11) is 0. The van der Waals surface area contributed by atoms with Crippen molar-refractivity contribution in [2.24, 2.45) is 0 Å². The maximum absolute atomic E-state index is 6.10. The van der Waals surface area contributed by atoms with Crippen LogP contribution in [-0.4, -0.2) is 6.54 Å². The molecule has 1 saturated heterocycles. The molecule has 0 amide bonds. The molecular weight excluding hydrogens is 266 g/mol. The fraction of sp³-hybridized carbons (Fsp3) is 0.222. The van der Waals surface area contributed by atoms with Crippen LogP contribution in [0.5, 0.6) is 0 Å². The smallest absolute Gasteiger partial charge is 0.0408 e. The Hall–Kier alpha value is -1.73. The third kappa shape index (κ3) is 3.23. The van der Waals surface area contributed by atoms with Crippen LogP contribution >= 0.6 is 11.6 Å². The van der Waals surface area contributed by atoms with Gasteiger partial charge in [-0.05, 0) is 48.1 Å². The summed E-state index contributed by atoms with van der Waals surface area (Å²) in [5.41, 5.74) is 3.91. The molecule has 2 aromatic rings. The summed E-state index contributed by atoms with van der Waals surface area (Å²) in [5.74, 6) is 0.560. The molecule has 102 valence electrons. The minimum absolute atomic E-state index is 0.560. The van der Waals surface area contributed by atoms with Gasteiger partial charge in [0.25, 0.3) is 0 Å². The van der Waals surface area contributed by atoms with E-state index in [0.29, 0.717) is 5.92 Å². The molecule has 0 bridgehead atoms. The predicted molar refractivity (Wildman–Crippen MR) is 85.8 cm³/mol. The fourth-order valence-corrected chi connectivity index (χ4v) is 2.95. The highest BCUT2D eigenvalue weighted by Crippen LogP contribution is 2.31. The molecule has 0 spiro atoms. The van der Waals surface area contributed by atoms with Gasteiger partial charge >= 0.3 is 0 Å². The predicted octanol–water partition coefficient (Wildman–Crippen LogP) is 4.85.